The normalized spacial score (nSPS) is 23.6. The van der Waals surface area contributed by atoms with Crippen LogP contribution in [0.5, 0.6) is 0 Å². The van der Waals surface area contributed by atoms with Gasteiger partial charge < -0.3 is 4.43 Å². The van der Waals surface area contributed by atoms with E-state index < -0.39 is 8.32 Å². The molecule has 1 nitrogen and oxygen atoms in total. The Morgan fingerprint density at radius 3 is 2.40 bits per heavy atom. The molecule has 0 spiro atoms. The molecule has 1 rings (SSSR count). The first-order chi connectivity index (χ1) is 6.74. The van der Waals surface area contributed by atoms with Crippen LogP contribution in [0, 0.1) is 5.92 Å². The summed E-state index contributed by atoms with van der Waals surface area (Å²) in [4.78, 5) is 0. The molecule has 1 unspecified atom stereocenters. The lowest BCUT2D eigenvalue weighted by Crippen LogP contribution is -2.41. The predicted octanol–water partition coefficient (Wildman–Crippen LogP) is 4.71. The maximum absolute atomic E-state index is 6.36. The Morgan fingerprint density at radius 1 is 1.33 bits per heavy atom. The topological polar surface area (TPSA) is 9.23 Å². The van der Waals surface area contributed by atoms with Gasteiger partial charge in [0.1, 0.15) is 0 Å². The Morgan fingerprint density at radius 2 is 1.93 bits per heavy atom. The third-order valence-electron chi connectivity index (χ3n) is 3.85. The fourth-order valence-corrected chi connectivity index (χ4v) is 2.78. The molecule has 0 aliphatic heterocycles. The number of hydrogen-bond acceptors (Lipinski definition) is 1. The van der Waals surface area contributed by atoms with Crippen molar-refractivity contribution in [3.05, 3.63) is 11.8 Å². The van der Waals surface area contributed by atoms with Gasteiger partial charge in [0.25, 0.3) is 0 Å². The fourth-order valence-electron chi connectivity index (χ4n) is 1.60. The van der Waals surface area contributed by atoms with Gasteiger partial charge in [-0.2, -0.15) is 0 Å². The van der Waals surface area contributed by atoms with Crippen LogP contribution in [0.15, 0.2) is 11.8 Å². The van der Waals surface area contributed by atoms with Gasteiger partial charge >= 0.3 is 0 Å². The van der Waals surface area contributed by atoms with Gasteiger partial charge in [-0.1, -0.05) is 27.7 Å². The average molecular weight is 226 g/mol. The van der Waals surface area contributed by atoms with Crippen LogP contribution in [-0.4, -0.2) is 8.32 Å². The van der Waals surface area contributed by atoms with E-state index in [9.17, 15) is 0 Å². The van der Waals surface area contributed by atoms with Crippen LogP contribution in [0.3, 0.4) is 0 Å². The summed E-state index contributed by atoms with van der Waals surface area (Å²) in [5.41, 5.74) is 0. The molecule has 0 aromatic carbocycles. The number of rotatable bonds is 2. The van der Waals surface area contributed by atoms with Crippen molar-refractivity contribution in [3.8, 4) is 0 Å². The van der Waals surface area contributed by atoms with Gasteiger partial charge in [0, 0.05) is 5.92 Å². The van der Waals surface area contributed by atoms with E-state index in [0.29, 0.717) is 11.0 Å². The molecule has 1 atom stereocenters. The number of allylic oxidation sites excluding steroid dienone is 2. The Kier molecular flexibility index (Phi) is 3.70. The van der Waals surface area contributed by atoms with Crippen LogP contribution < -0.4 is 0 Å². The molecular formula is C13H26OSi. The SMILES string of the molecule is CC1CCCC=C1O[Si](C)(C)C(C)(C)C. The second-order valence-corrected chi connectivity index (χ2v) is 11.0. The van der Waals surface area contributed by atoms with Crippen molar-refractivity contribution in [1.82, 2.24) is 0 Å². The Labute approximate surface area is 96.0 Å². The highest BCUT2D eigenvalue weighted by atomic mass is 28.4. The minimum absolute atomic E-state index is 0.311. The molecule has 88 valence electrons. The highest BCUT2D eigenvalue weighted by Crippen LogP contribution is 2.40. The molecule has 0 N–H and O–H groups in total. The van der Waals surface area contributed by atoms with E-state index in [0.717, 1.165) is 0 Å². The van der Waals surface area contributed by atoms with E-state index in [1.165, 1.54) is 25.0 Å². The molecule has 0 saturated heterocycles. The zero-order valence-electron chi connectivity index (χ0n) is 11.2. The molecule has 0 bridgehead atoms. The summed E-state index contributed by atoms with van der Waals surface area (Å²) >= 11 is 0. The Hall–Kier alpha value is -0.243. The first-order valence-electron chi connectivity index (χ1n) is 6.13. The zero-order valence-corrected chi connectivity index (χ0v) is 12.2. The van der Waals surface area contributed by atoms with Crippen LogP contribution >= 0.6 is 0 Å². The lowest BCUT2D eigenvalue weighted by Gasteiger charge is -2.39. The van der Waals surface area contributed by atoms with E-state index in [-0.39, 0.29) is 0 Å². The third kappa shape index (κ3) is 3.10. The first-order valence-corrected chi connectivity index (χ1v) is 9.04. The van der Waals surface area contributed by atoms with Crippen molar-refractivity contribution in [2.45, 2.75) is 65.1 Å². The molecular weight excluding hydrogens is 200 g/mol. The molecule has 0 fully saturated rings. The first kappa shape index (κ1) is 12.8. The van der Waals surface area contributed by atoms with Crippen LogP contribution in [0.2, 0.25) is 18.1 Å². The van der Waals surface area contributed by atoms with E-state index in [4.69, 9.17) is 4.43 Å². The third-order valence-corrected chi connectivity index (χ3v) is 8.21. The summed E-state index contributed by atoms with van der Waals surface area (Å²) in [6, 6.07) is 0. The van der Waals surface area contributed by atoms with Gasteiger partial charge in [0.2, 0.25) is 8.32 Å². The largest absolute Gasteiger partial charge is 0.547 e. The molecule has 0 amide bonds. The van der Waals surface area contributed by atoms with Crippen molar-refractivity contribution < 1.29 is 4.43 Å². The van der Waals surface area contributed by atoms with Gasteiger partial charge in [0.15, 0.2) is 0 Å². The predicted molar refractivity (Wildman–Crippen MR) is 69.4 cm³/mol. The Bertz CT molecular complexity index is 248. The molecule has 0 aromatic rings. The van der Waals surface area contributed by atoms with Crippen molar-refractivity contribution >= 4 is 8.32 Å². The summed E-state index contributed by atoms with van der Waals surface area (Å²) in [6.45, 7) is 13.8. The highest BCUT2D eigenvalue weighted by Gasteiger charge is 2.40. The van der Waals surface area contributed by atoms with Crippen LogP contribution in [0.1, 0.15) is 47.0 Å². The lowest BCUT2D eigenvalue weighted by atomic mass is 9.96. The smallest absolute Gasteiger partial charge is 0.250 e. The molecule has 0 heterocycles. The van der Waals surface area contributed by atoms with Crippen LogP contribution in [0.25, 0.3) is 0 Å². The maximum Gasteiger partial charge on any atom is 0.250 e. The van der Waals surface area contributed by atoms with E-state index >= 15 is 0 Å². The maximum atomic E-state index is 6.36. The minimum atomic E-state index is -1.60. The zero-order chi connectivity index (χ0) is 11.7. The summed E-state index contributed by atoms with van der Waals surface area (Å²) in [7, 11) is -1.60. The van der Waals surface area contributed by atoms with Gasteiger partial charge in [-0.25, -0.2) is 0 Å². The summed E-state index contributed by atoms with van der Waals surface area (Å²) in [5, 5.41) is 0.311. The molecule has 2 heteroatoms. The van der Waals surface area contributed by atoms with E-state index in [1.807, 2.05) is 0 Å². The summed E-state index contributed by atoms with van der Waals surface area (Å²) in [6.07, 6.45) is 6.13. The molecule has 1 aliphatic carbocycles. The van der Waals surface area contributed by atoms with Crippen molar-refractivity contribution in [2.75, 3.05) is 0 Å². The average Bonchev–Trinajstić information content (AvgIpc) is 2.06. The lowest BCUT2D eigenvalue weighted by molar-refractivity contribution is 0.305. The second kappa shape index (κ2) is 4.32. The molecule has 1 aliphatic rings. The fraction of sp³-hybridized carbons (Fsp3) is 0.846. The van der Waals surface area contributed by atoms with Gasteiger partial charge in [-0.15, -0.1) is 0 Å². The van der Waals surface area contributed by atoms with Gasteiger partial charge in [-0.3, -0.25) is 0 Å². The van der Waals surface area contributed by atoms with E-state index in [1.54, 1.807) is 0 Å². The summed E-state index contributed by atoms with van der Waals surface area (Å²) < 4.78 is 6.36. The summed E-state index contributed by atoms with van der Waals surface area (Å²) in [5.74, 6) is 1.90. The van der Waals surface area contributed by atoms with Crippen LogP contribution in [0.4, 0.5) is 0 Å². The minimum Gasteiger partial charge on any atom is -0.547 e. The molecule has 0 aromatic heterocycles. The Balaban J connectivity index is 2.72. The molecule has 0 saturated carbocycles. The quantitative estimate of drug-likeness (QED) is 0.619. The highest BCUT2D eigenvalue weighted by molar-refractivity contribution is 6.74. The van der Waals surface area contributed by atoms with Gasteiger partial charge in [-0.05, 0) is 43.5 Å². The van der Waals surface area contributed by atoms with Crippen molar-refractivity contribution in [3.63, 3.8) is 0 Å². The molecule has 15 heavy (non-hydrogen) atoms. The molecule has 0 radical (unpaired) electrons. The van der Waals surface area contributed by atoms with Crippen molar-refractivity contribution in [2.24, 2.45) is 5.92 Å². The van der Waals surface area contributed by atoms with Crippen LogP contribution in [-0.2, 0) is 4.43 Å². The second-order valence-electron chi connectivity index (χ2n) is 6.30. The monoisotopic (exact) mass is 226 g/mol. The van der Waals surface area contributed by atoms with Crippen molar-refractivity contribution in [1.29, 1.82) is 0 Å². The van der Waals surface area contributed by atoms with Gasteiger partial charge in [0.05, 0.1) is 5.76 Å². The number of hydrogen-bond donors (Lipinski definition) is 0. The standard InChI is InChI=1S/C13H26OSi/c1-11-9-7-8-10-12(11)14-15(5,6)13(2,3)4/h10-11H,7-9H2,1-6H3. The van der Waals surface area contributed by atoms with E-state index in [2.05, 4.69) is 46.9 Å².